The molecule has 0 saturated carbocycles. The molecule has 12 rings (SSSR count). The summed E-state index contributed by atoms with van der Waals surface area (Å²) in [6, 6.07) is 41.9. The molecule has 6 heterocycles. The molecule has 512 valence electrons. The number of nitrogen functional groups attached to an aromatic ring is 1. The molecule has 12 aromatic rings. The molecule has 6 aromatic carbocycles. The summed E-state index contributed by atoms with van der Waals surface area (Å²) in [5, 5.41) is 59.2. The lowest BCUT2D eigenvalue weighted by atomic mass is 9.98. The van der Waals surface area contributed by atoms with Gasteiger partial charge in [0.2, 0.25) is 0 Å². The van der Waals surface area contributed by atoms with Crippen LogP contribution in [0.25, 0.3) is 64.9 Å². The summed E-state index contributed by atoms with van der Waals surface area (Å²) >= 11 is 0. The van der Waals surface area contributed by atoms with E-state index in [0.717, 1.165) is 126 Å². The van der Waals surface area contributed by atoms with Gasteiger partial charge in [-0.2, -0.15) is 0 Å². The van der Waals surface area contributed by atoms with Gasteiger partial charge in [0.05, 0.1) is 53.4 Å². The largest absolute Gasteiger partial charge is 0.397 e. The van der Waals surface area contributed by atoms with E-state index in [1.54, 1.807) is 59.4 Å². The van der Waals surface area contributed by atoms with Crippen molar-refractivity contribution in [3.63, 3.8) is 0 Å². The van der Waals surface area contributed by atoms with Gasteiger partial charge >= 0.3 is 0 Å². The van der Waals surface area contributed by atoms with E-state index in [1.165, 1.54) is 5.56 Å². The topological polar surface area (TPSA) is 205 Å². The van der Waals surface area contributed by atoms with Crippen molar-refractivity contribution in [2.45, 2.75) is 197 Å². The van der Waals surface area contributed by atoms with Crippen LogP contribution in [-0.4, -0.2) is 55.4 Å². The smallest absolute Gasteiger partial charge is 0.0785 e. The lowest BCUT2D eigenvalue weighted by Gasteiger charge is -2.12. The lowest BCUT2D eigenvalue weighted by molar-refractivity contribution is 0.199. The van der Waals surface area contributed by atoms with Gasteiger partial charge in [0.25, 0.3) is 0 Å². The Morgan fingerprint density at radius 3 is 1.28 bits per heavy atom. The van der Waals surface area contributed by atoms with Gasteiger partial charge in [0.15, 0.2) is 0 Å². The molecular formula is C83H115N7O5. The highest BCUT2D eigenvalue weighted by atomic mass is 16.3. The first-order valence-electron chi connectivity index (χ1n) is 33.5. The Bertz CT molecular complexity index is 3550. The second-order valence-corrected chi connectivity index (χ2v) is 20.7. The first-order chi connectivity index (χ1) is 45.3. The number of nitrogens with zero attached hydrogens (tertiary/aromatic N) is 6. The molecule has 0 bridgehead atoms. The second kappa shape index (κ2) is 46.5. The van der Waals surface area contributed by atoms with Gasteiger partial charge < -0.3 is 31.3 Å². The highest BCUT2D eigenvalue weighted by Gasteiger charge is 2.14. The van der Waals surface area contributed by atoms with E-state index in [-0.39, 0.29) is 7.43 Å². The number of benzene rings is 6. The first kappa shape index (κ1) is 86.4. The minimum absolute atomic E-state index is 0. The molecule has 0 saturated heterocycles. The minimum atomic E-state index is -0.464. The van der Waals surface area contributed by atoms with Crippen molar-refractivity contribution in [1.29, 1.82) is 0 Å². The van der Waals surface area contributed by atoms with E-state index in [0.29, 0.717) is 0 Å². The van der Waals surface area contributed by atoms with Crippen molar-refractivity contribution in [3.8, 4) is 0 Å². The van der Waals surface area contributed by atoms with Crippen molar-refractivity contribution >= 4 is 70.6 Å². The number of anilines is 1. The standard InChI is InChI=1S/5C12H13NO.C10H10N2.6C2H6.CH4/c1-8-3-4-10-7-13-6-5-11(10)12(8)9(2)14;1-8-3-4-10-5-6-13-7-11(10)12(8)9(2)14;1-8-5-6-11-10(4-3-7-13-11)12(8)9(2)14;1-8-12(9(2)14)11-6-4-3-5-10(11)7-13-8;1-8-7-13-11-6-4-3-5-10(11)12(8)9(2)14;1-7-3-2-4-8-5-12-6-9(11)10(7)8;6*1-2;/h5*3-7,9,14H,1-2H3;2-6H,11H2,1H3;6*1-2H3;1H4. The van der Waals surface area contributed by atoms with Crippen molar-refractivity contribution in [2.75, 3.05) is 5.73 Å². The number of aliphatic hydroxyl groups excluding tert-OH is 5. The van der Waals surface area contributed by atoms with Gasteiger partial charge in [-0.25, -0.2) is 0 Å². The van der Waals surface area contributed by atoms with E-state index in [9.17, 15) is 25.5 Å². The number of rotatable bonds is 5. The highest BCUT2D eigenvalue weighted by Crippen LogP contribution is 2.31. The number of para-hydroxylation sites is 1. The van der Waals surface area contributed by atoms with Crippen LogP contribution in [-0.2, 0) is 0 Å². The third kappa shape index (κ3) is 24.6. The molecular weight excluding hydrogens is 1170 g/mol. The third-order valence-corrected chi connectivity index (χ3v) is 14.4. The monoisotopic (exact) mass is 1290 g/mol. The normalized spacial score (nSPS) is 11.3. The first-order valence-corrected chi connectivity index (χ1v) is 33.5. The molecule has 12 heteroatoms. The highest BCUT2D eigenvalue weighted by molar-refractivity contribution is 5.94. The predicted octanol–water partition coefficient (Wildman–Crippen LogP) is 21.9. The van der Waals surface area contributed by atoms with Crippen molar-refractivity contribution in [2.24, 2.45) is 0 Å². The molecule has 5 unspecified atom stereocenters. The van der Waals surface area contributed by atoms with Gasteiger partial charge in [-0.05, 0) is 173 Å². The summed E-state index contributed by atoms with van der Waals surface area (Å²) in [5.41, 5.74) is 19.8. The van der Waals surface area contributed by atoms with Crippen LogP contribution in [0.4, 0.5) is 5.69 Å². The number of hydrogen-bond donors (Lipinski definition) is 6. The van der Waals surface area contributed by atoms with Crippen LogP contribution in [0.1, 0.15) is 217 Å². The van der Waals surface area contributed by atoms with Crippen molar-refractivity contribution < 1.29 is 25.5 Å². The molecule has 95 heavy (non-hydrogen) atoms. The minimum Gasteiger partial charge on any atom is -0.397 e. The zero-order chi connectivity index (χ0) is 71.2. The Balaban J connectivity index is 0.00000108. The molecule has 12 nitrogen and oxygen atoms in total. The number of fused-ring (bicyclic) bond motifs is 6. The Kier molecular flexibility index (Phi) is 42.2. The third-order valence-electron chi connectivity index (χ3n) is 14.4. The second-order valence-electron chi connectivity index (χ2n) is 20.7. The SMILES string of the molecule is C.CC.CC.CC.CC.CC.CC.Cc1ccc2ccncc2c1C(C)O.Cc1ccc2cnccc2c1C(C)O.Cc1ccc2ncccc2c1C(C)O.Cc1cccc2cncc(N)c12.Cc1cnc2ccccc2c1C(C)O.Cc1ncc2ccccc2c1C(C)O. The number of nitrogens with two attached hydrogens (primary N) is 1. The summed E-state index contributed by atoms with van der Waals surface area (Å²) in [6.07, 6.45) is 13.9. The van der Waals surface area contributed by atoms with Crippen molar-refractivity contribution in [3.05, 3.63) is 244 Å². The van der Waals surface area contributed by atoms with E-state index in [4.69, 9.17) is 5.73 Å². The van der Waals surface area contributed by atoms with Crippen molar-refractivity contribution in [1.82, 2.24) is 29.9 Å². The Hall–Kier alpha value is -8.62. The molecule has 6 aromatic heterocycles. The molecule has 0 amide bonds. The number of pyridine rings is 6. The number of aromatic nitrogens is 6. The zero-order valence-electron chi connectivity index (χ0n) is 60.7. The number of hydrogen-bond acceptors (Lipinski definition) is 12. The maximum absolute atomic E-state index is 9.68. The molecule has 0 aliphatic rings. The average molecular weight is 1290 g/mol. The molecule has 0 aliphatic heterocycles. The summed E-state index contributed by atoms with van der Waals surface area (Å²) in [4.78, 5) is 25.0. The van der Waals surface area contributed by atoms with Gasteiger partial charge in [-0.1, -0.05) is 188 Å². The summed E-state index contributed by atoms with van der Waals surface area (Å²) in [6.45, 7) is 44.9. The van der Waals surface area contributed by atoms with Gasteiger partial charge in [0, 0.05) is 98.5 Å². The van der Waals surface area contributed by atoms with Gasteiger partial charge in [0.1, 0.15) is 0 Å². The predicted molar refractivity (Wildman–Crippen MR) is 411 cm³/mol. The summed E-state index contributed by atoms with van der Waals surface area (Å²) in [7, 11) is 0. The Morgan fingerprint density at radius 2 is 0.716 bits per heavy atom. The summed E-state index contributed by atoms with van der Waals surface area (Å²) < 4.78 is 0. The van der Waals surface area contributed by atoms with E-state index < -0.39 is 30.5 Å². The van der Waals surface area contributed by atoms with Crippen LogP contribution in [0.3, 0.4) is 0 Å². The lowest BCUT2D eigenvalue weighted by Crippen LogP contribution is -1.98. The molecule has 0 spiro atoms. The zero-order valence-corrected chi connectivity index (χ0v) is 60.7. The van der Waals surface area contributed by atoms with Crippen LogP contribution in [0.2, 0.25) is 0 Å². The van der Waals surface area contributed by atoms with E-state index >= 15 is 0 Å². The summed E-state index contributed by atoms with van der Waals surface area (Å²) in [5.74, 6) is 0. The fourth-order valence-electron chi connectivity index (χ4n) is 10.6. The number of aryl methyl sites for hydroxylation is 6. The average Bonchev–Trinajstić information content (AvgIpc) is 0.905. The van der Waals surface area contributed by atoms with Crippen LogP contribution in [0.5, 0.6) is 0 Å². The maximum atomic E-state index is 9.68. The fraction of sp³-hybridized carbons (Fsp3) is 0.349. The molecule has 0 fully saturated rings. The van der Waals surface area contributed by atoms with E-state index in [1.807, 2.05) is 264 Å². The Morgan fingerprint density at radius 1 is 0.295 bits per heavy atom. The van der Waals surface area contributed by atoms with Crippen LogP contribution in [0.15, 0.2) is 183 Å². The number of aliphatic hydroxyl groups is 5. The molecule has 0 radical (unpaired) electrons. The van der Waals surface area contributed by atoms with Gasteiger partial charge in [-0.3, -0.25) is 29.9 Å². The molecule has 7 N–H and O–H groups in total. The maximum Gasteiger partial charge on any atom is 0.0785 e. The van der Waals surface area contributed by atoms with Crippen LogP contribution in [0, 0.1) is 41.5 Å². The van der Waals surface area contributed by atoms with Gasteiger partial charge in [-0.15, -0.1) is 0 Å². The Labute approximate surface area is 570 Å². The molecule has 5 atom stereocenters. The van der Waals surface area contributed by atoms with E-state index in [2.05, 4.69) is 49.0 Å². The van der Waals surface area contributed by atoms with Crippen LogP contribution < -0.4 is 5.73 Å². The van der Waals surface area contributed by atoms with Crippen LogP contribution >= 0.6 is 0 Å². The molecule has 0 aliphatic carbocycles. The fourth-order valence-corrected chi connectivity index (χ4v) is 10.6. The quantitative estimate of drug-likeness (QED) is 0.0953.